The molecule has 0 saturated heterocycles. The molecule has 1 aromatic heterocycles. The van der Waals surface area contributed by atoms with E-state index >= 15 is 0 Å². The van der Waals surface area contributed by atoms with E-state index in [0.717, 1.165) is 24.4 Å². The maximum absolute atomic E-state index is 12.1. The first-order valence-electron chi connectivity index (χ1n) is 8.90. The Morgan fingerprint density at radius 1 is 1.28 bits per heavy atom. The van der Waals surface area contributed by atoms with Gasteiger partial charge in [0.2, 0.25) is 5.91 Å². The van der Waals surface area contributed by atoms with Crippen molar-refractivity contribution in [3.63, 3.8) is 0 Å². The predicted octanol–water partition coefficient (Wildman–Crippen LogP) is 3.31. The van der Waals surface area contributed by atoms with E-state index in [2.05, 4.69) is 40.8 Å². The zero-order valence-corrected chi connectivity index (χ0v) is 15.7. The first-order valence-corrected chi connectivity index (χ1v) is 8.90. The Morgan fingerprint density at radius 3 is 2.72 bits per heavy atom. The molecular weight excluding hydrogens is 314 g/mol. The smallest absolute Gasteiger partial charge is 0.249 e. The average Bonchev–Trinajstić information content (AvgIpc) is 2.97. The van der Waals surface area contributed by atoms with Crippen LogP contribution in [0.3, 0.4) is 0 Å². The molecule has 0 aliphatic rings. The van der Waals surface area contributed by atoms with Crippen LogP contribution in [0.5, 0.6) is 0 Å². The highest BCUT2D eigenvalue weighted by atomic mass is 16.5. The van der Waals surface area contributed by atoms with Gasteiger partial charge in [-0.25, -0.2) is 4.98 Å². The van der Waals surface area contributed by atoms with Crippen molar-refractivity contribution in [2.75, 3.05) is 6.61 Å². The van der Waals surface area contributed by atoms with Crippen LogP contribution in [0.15, 0.2) is 36.7 Å². The van der Waals surface area contributed by atoms with Gasteiger partial charge in [0, 0.05) is 32.1 Å². The number of rotatable bonds is 9. The number of ether oxygens (including phenoxy) is 1. The molecule has 0 radical (unpaired) electrons. The van der Waals surface area contributed by atoms with E-state index in [0.29, 0.717) is 19.1 Å². The molecule has 2 aromatic rings. The van der Waals surface area contributed by atoms with E-state index in [1.165, 1.54) is 5.56 Å². The number of nitrogens with zero attached hydrogens (tertiary/aromatic N) is 2. The molecular formula is C20H29N3O2. The second-order valence-electron chi connectivity index (χ2n) is 6.84. The number of nitrogens with one attached hydrogen (secondary N) is 1. The normalized spacial score (nSPS) is 12.4. The van der Waals surface area contributed by atoms with Gasteiger partial charge >= 0.3 is 0 Å². The van der Waals surface area contributed by atoms with Crippen molar-refractivity contribution >= 4 is 5.91 Å². The molecule has 1 N–H and O–H groups in total. The van der Waals surface area contributed by atoms with E-state index in [9.17, 15) is 4.79 Å². The lowest BCUT2D eigenvalue weighted by molar-refractivity contribution is -0.132. The van der Waals surface area contributed by atoms with Crippen LogP contribution in [0.25, 0.3) is 0 Å². The van der Waals surface area contributed by atoms with Gasteiger partial charge in [0.15, 0.2) is 0 Å². The van der Waals surface area contributed by atoms with Gasteiger partial charge in [0.1, 0.15) is 11.9 Å². The predicted molar refractivity (Wildman–Crippen MR) is 99.2 cm³/mol. The van der Waals surface area contributed by atoms with Crippen LogP contribution in [0.1, 0.15) is 44.1 Å². The number of amides is 1. The van der Waals surface area contributed by atoms with E-state index in [4.69, 9.17) is 4.74 Å². The molecule has 0 aliphatic heterocycles. The molecule has 1 unspecified atom stereocenters. The minimum absolute atomic E-state index is 0.0698. The Kier molecular flexibility index (Phi) is 7.19. The molecule has 0 aliphatic carbocycles. The van der Waals surface area contributed by atoms with E-state index in [1.54, 1.807) is 13.1 Å². The third-order valence-electron chi connectivity index (χ3n) is 4.17. The van der Waals surface area contributed by atoms with Crippen molar-refractivity contribution in [1.29, 1.82) is 0 Å². The van der Waals surface area contributed by atoms with Crippen molar-refractivity contribution in [1.82, 2.24) is 14.9 Å². The van der Waals surface area contributed by atoms with Crippen LogP contribution in [0.2, 0.25) is 0 Å². The highest BCUT2D eigenvalue weighted by Crippen LogP contribution is 2.09. The van der Waals surface area contributed by atoms with Crippen LogP contribution in [-0.4, -0.2) is 28.2 Å². The van der Waals surface area contributed by atoms with Crippen molar-refractivity contribution in [2.45, 2.75) is 53.3 Å². The number of imidazole rings is 1. The molecule has 0 saturated carbocycles. The molecule has 5 nitrogen and oxygen atoms in total. The first-order chi connectivity index (χ1) is 12.0. The Balaban J connectivity index is 1.83. The summed E-state index contributed by atoms with van der Waals surface area (Å²) in [5, 5.41) is 2.95. The van der Waals surface area contributed by atoms with Crippen LogP contribution < -0.4 is 5.32 Å². The second kappa shape index (κ2) is 9.37. The summed E-state index contributed by atoms with van der Waals surface area (Å²) in [5.74, 6) is 1.50. The third kappa shape index (κ3) is 6.35. The molecule has 1 heterocycles. The number of hydrogen-bond donors (Lipinski definition) is 1. The number of carbonyl (C=O) groups excluding carboxylic acids is 1. The third-order valence-corrected chi connectivity index (χ3v) is 4.17. The summed E-state index contributed by atoms with van der Waals surface area (Å²) in [4.78, 5) is 16.4. The minimum Gasteiger partial charge on any atom is -0.369 e. The molecule has 5 heteroatoms. The fraction of sp³-hybridized carbons (Fsp3) is 0.500. The number of aryl methyl sites for hydroxylation is 1. The summed E-state index contributed by atoms with van der Waals surface area (Å²) in [5.41, 5.74) is 2.27. The van der Waals surface area contributed by atoms with Crippen molar-refractivity contribution in [3.8, 4) is 0 Å². The van der Waals surface area contributed by atoms with Gasteiger partial charge in [0.05, 0.1) is 0 Å². The number of hydrogen-bond acceptors (Lipinski definition) is 3. The lowest BCUT2D eigenvalue weighted by atomic mass is 10.1. The maximum atomic E-state index is 12.1. The standard InChI is InChI=1S/C20H29N3O2/c1-15(2)8-11-25-16(3)20(24)22-13-18-6-5-7-19(12-18)14-23-10-9-21-17(23)4/h5-7,9-10,12,15-16H,8,11,13-14H2,1-4H3,(H,22,24). The monoisotopic (exact) mass is 343 g/mol. The molecule has 1 amide bonds. The maximum Gasteiger partial charge on any atom is 0.249 e. The number of benzene rings is 1. The first kappa shape index (κ1) is 19.2. The molecule has 0 fully saturated rings. The molecule has 0 spiro atoms. The Labute approximate surface area is 150 Å². The van der Waals surface area contributed by atoms with Gasteiger partial charge in [0.25, 0.3) is 0 Å². The number of aromatic nitrogens is 2. The Hall–Kier alpha value is -2.14. The second-order valence-corrected chi connectivity index (χ2v) is 6.84. The quantitative estimate of drug-likeness (QED) is 0.760. The topological polar surface area (TPSA) is 56.2 Å². The fourth-order valence-electron chi connectivity index (χ4n) is 2.49. The van der Waals surface area contributed by atoms with E-state index in [1.807, 2.05) is 25.3 Å². The van der Waals surface area contributed by atoms with Crippen LogP contribution in [0, 0.1) is 12.8 Å². The molecule has 2 rings (SSSR count). The summed E-state index contributed by atoms with van der Waals surface area (Å²) in [6.45, 7) is 9.99. The fourth-order valence-corrected chi connectivity index (χ4v) is 2.49. The molecule has 136 valence electrons. The zero-order chi connectivity index (χ0) is 18.2. The summed E-state index contributed by atoms with van der Waals surface area (Å²) in [6, 6.07) is 8.24. The van der Waals surface area contributed by atoms with Crippen molar-refractivity contribution in [2.24, 2.45) is 5.92 Å². The number of carbonyl (C=O) groups is 1. The SMILES string of the molecule is Cc1nccn1Cc1cccc(CNC(=O)C(C)OCCC(C)C)c1. The molecule has 0 bridgehead atoms. The largest absolute Gasteiger partial charge is 0.369 e. The molecule has 1 aromatic carbocycles. The Morgan fingerprint density at radius 2 is 2.04 bits per heavy atom. The molecule has 25 heavy (non-hydrogen) atoms. The van der Waals surface area contributed by atoms with Crippen LogP contribution in [0.4, 0.5) is 0 Å². The van der Waals surface area contributed by atoms with Crippen LogP contribution >= 0.6 is 0 Å². The van der Waals surface area contributed by atoms with Gasteiger partial charge in [-0.2, -0.15) is 0 Å². The van der Waals surface area contributed by atoms with Crippen molar-refractivity contribution < 1.29 is 9.53 Å². The summed E-state index contributed by atoms with van der Waals surface area (Å²) < 4.78 is 7.69. The zero-order valence-electron chi connectivity index (χ0n) is 15.7. The highest BCUT2D eigenvalue weighted by molar-refractivity contribution is 5.80. The Bertz CT molecular complexity index is 679. The molecule has 1 atom stereocenters. The van der Waals surface area contributed by atoms with E-state index < -0.39 is 6.10 Å². The highest BCUT2D eigenvalue weighted by Gasteiger charge is 2.13. The van der Waals surface area contributed by atoms with Gasteiger partial charge in [-0.05, 0) is 37.3 Å². The van der Waals surface area contributed by atoms with Crippen LogP contribution in [-0.2, 0) is 22.6 Å². The lowest BCUT2D eigenvalue weighted by Gasteiger charge is -2.14. The lowest BCUT2D eigenvalue weighted by Crippen LogP contribution is -2.34. The average molecular weight is 343 g/mol. The minimum atomic E-state index is -0.421. The summed E-state index contributed by atoms with van der Waals surface area (Å²) in [7, 11) is 0. The van der Waals surface area contributed by atoms with Crippen molar-refractivity contribution in [3.05, 3.63) is 53.6 Å². The summed E-state index contributed by atoms with van der Waals surface area (Å²) in [6.07, 6.45) is 4.32. The summed E-state index contributed by atoms with van der Waals surface area (Å²) >= 11 is 0. The van der Waals surface area contributed by atoms with Gasteiger partial charge in [-0.15, -0.1) is 0 Å². The van der Waals surface area contributed by atoms with Gasteiger partial charge in [-0.3, -0.25) is 4.79 Å². The van der Waals surface area contributed by atoms with Gasteiger partial charge < -0.3 is 14.6 Å². The van der Waals surface area contributed by atoms with Gasteiger partial charge in [-0.1, -0.05) is 38.1 Å². The van der Waals surface area contributed by atoms with E-state index in [-0.39, 0.29) is 5.91 Å².